The third-order valence-corrected chi connectivity index (χ3v) is 10.3. The van der Waals surface area contributed by atoms with Crippen molar-refractivity contribution in [3.05, 3.63) is 63.6 Å². The topological polar surface area (TPSA) is 17.0 Å². The van der Waals surface area contributed by atoms with Crippen molar-refractivity contribution >= 4 is 25.1 Å². The minimum Gasteiger partial charge on any atom is -0.381 e. The third-order valence-electron chi connectivity index (χ3n) is 8.25. The lowest BCUT2D eigenvalue weighted by atomic mass is 9.83. The fourth-order valence-electron chi connectivity index (χ4n) is 6.53. The van der Waals surface area contributed by atoms with E-state index in [1.54, 1.807) is 10.8 Å². The van der Waals surface area contributed by atoms with Gasteiger partial charge in [0, 0.05) is 28.7 Å². The SMILES string of the molecule is CCn1c2c(c3cc(C4C=C(CC5CCCCC5)C([Si](C)(C)C)=CN4)c(C)cc31)C=CCC2. The van der Waals surface area contributed by atoms with Gasteiger partial charge in [0.1, 0.15) is 0 Å². The number of benzene rings is 1. The van der Waals surface area contributed by atoms with Crippen LogP contribution in [0.1, 0.15) is 80.3 Å². The van der Waals surface area contributed by atoms with E-state index in [9.17, 15) is 0 Å². The summed E-state index contributed by atoms with van der Waals surface area (Å²) in [5.74, 6) is 0.878. The van der Waals surface area contributed by atoms with Crippen molar-refractivity contribution in [2.24, 2.45) is 5.92 Å². The molecule has 0 spiro atoms. The smallest absolute Gasteiger partial charge is 0.0798 e. The quantitative estimate of drug-likeness (QED) is 0.446. The standard InChI is InChI=1S/C30H42N2Si/c1-6-32-28-15-11-10-14-24(28)26-19-25(21(2)16-29(26)32)27-18-23(17-22-12-8-7-9-13-22)30(20-31-27)33(3,4)5/h10,14,16,18-20,22,27,31H,6-9,11-13,15,17H2,1-5H3. The first-order valence-electron chi connectivity index (χ1n) is 13.4. The largest absolute Gasteiger partial charge is 0.381 e. The van der Waals surface area contributed by atoms with E-state index < -0.39 is 8.07 Å². The molecule has 0 bridgehead atoms. The maximum Gasteiger partial charge on any atom is 0.0798 e. The first-order chi connectivity index (χ1) is 15.9. The van der Waals surface area contributed by atoms with Crippen LogP contribution < -0.4 is 5.32 Å². The van der Waals surface area contributed by atoms with Gasteiger partial charge in [-0.3, -0.25) is 0 Å². The van der Waals surface area contributed by atoms with E-state index in [0.717, 1.165) is 25.3 Å². The van der Waals surface area contributed by atoms with Crippen LogP contribution >= 0.6 is 0 Å². The number of hydrogen-bond acceptors (Lipinski definition) is 1. The highest BCUT2D eigenvalue weighted by molar-refractivity contribution is 6.84. The van der Waals surface area contributed by atoms with Crippen LogP contribution in [0.5, 0.6) is 0 Å². The second-order valence-corrected chi connectivity index (χ2v) is 16.7. The van der Waals surface area contributed by atoms with Crippen molar-refractivity contribution in [1.82, 2.24) is 9.88 Å². The number of aromatic nitrogens is 1. The molecule has 3 aliphatic rings. The molecular formula is C30H42N2Si. The molecule has 1 saturated carbocycles. The monoisotopic (exact) mass is 458 g/mol. The van der Waals surface area contributed by atoms with Crippen molar-refractivity contribution in [1.29, 1.82) is 0 Å². The Morgan fingerprint density at radius 3 is 2.61 bits per heavy atom. The molecule has 2 heterocycles. The van der Waals surface area contributed by atoms with E-state index in [0.29, 0.717) is 0 Å². The zero-order valence-corrected chi connectivity index (χ0v) is 22.4. The predicted molar refractivity (Wildman–Crippen MR) is 146 cm³/mol. The Labute approximate surface area is 201 Å². The minimum atomic E-state index is -1.40. The molecule has 1 atom stereocenters. The molecule has 3 heteroatoms. The molecule has 1 unspecified atom stereocenters. The van der Waals surface area contributed by atoms with Gasteiger partial charge in [0.15, 0.2) is 0 Å². The van der Waals surface area contributed by atoms with Gasteiger partial charge >= 0.3 is 0 Å². The second kappa shape index (κ2) is 8.98. The average Bonchev–Trinajstić information content (AvgIpc) is 3.10. The van der Waals surface area contributed by atoms with Crippen LogP contribution in [0.3, 0.4) is 0 Å². The van der Waals surface area contributed by atoms with Crippen LogP contribution in [0.2, 0.25) is 19.6 Å². The van der Waals surface area contributed by atoms with Crippen LogP contribution in [0.25, 0.3) is 17.0 Å². The van der Waals surface area contributed by atoms with Gasteiger partial charge in [-0.15, -0.1) is 0 Å². The summed E-state index contributed by atoms with van der Waals surface area (Å²) in [6.07, 6.45) is 20.5. The van der Waals surface area contributed by atoms with Crippen molar-refractivity contribution < 1.29 is 0 Å². The fraction of sp³-hybridized carbons (Fsp3) is 0.533. The summed E-state index contributed by atoms with van der Waals surface area (Å²) >= 11 is 0. The Kier molecular flexibility index (Phi) is 6.20. The molecular weight excluding hydrogens is 416 g/mol. The zero-order valence-electron chi connectivity index (χ0n) is 21.4. The molecule has 0 saturated heterocycles. The number of nitrogens with one attached hydrogen (secondary N) is 1. The number of hydrogen-bond donors (Lipinski definition) is 1. The lowest BCUT2D eigenvalue weighted by Gasteiger charge is -2.33. The van der Waals surface area contributed by atoms with Gasteiger partial charge in [-0.25, -0.2) is 0 Å². The average molecular weight is 459 g/mol. The maximum absolute atomic E-state index is 3.84. The molecule has 1 fully saturated rings. The molecule has 2 nitrogen and oxygen atoms in total. The summed E-state index contributed by atoms with van der Waals surface area (Å²) in [5.41, 5.74) is 8.90. The van der Waals surface area contributed by atoms with Crippen LogP contribution in [-0.2, 0) is 13.0 Å². The van der Waals surface area contributed by atoms with Gasteiger partial charge in [0.2, 0.25) is 0 Å². The predicted octanol–water partition coefficient (Wildman–Crippen LogP) is 8.23. The molecule has 1 aliphatic heterocycles. The van der Waals surface area contributed by atoms with Crippen molar-refractivity contribution in [3.63, 3.8) is 0 Å². The van der Waals surface area contributed by atoms with E-state index in [-0.39, 0.29) is 6.04 Å². The maximum atomic E-state index is 3.84. The van der Waals surface area contributed by atoms with Gasteiger partial charge in [0.05, 0.1) is 14.1 Å². The number of fused-ring (bicyclic) bond motifs is 3. The lowest BCUT2D eigenvalue weighted by molar-refractivity contribution is 0.356. The van der Waals surface area contributed by atoms with Gasteiger partial charge in [-0.2, -0.15) is 0 Å². The first kappa shape index (κ1) is 22.8. The summed E-state index contributed by atoms with van der Waals surface area (Å²) in [4.78, 5) is 0. The Hall–Kier alpha value is -2.00. The molecule has 5 rings (SSSR count). The summed E-state index contributed by atoms with van der Waals surface area (Å²) in [6, 6.07) is 5.24. The van der Waals surface area contributed by atoms with E-state index in [2.05, 4.69) is 79.9 Å². The minimum absolute atomic E-state index is 0.279. The van der Waals surface area contributed by atoms with Crippen LogP contribution in [-0.4, -0.2) is 12.6 Å². The molecule has 1 aromatic carbocycles. The van der Waals surface area contributed by atoms with Crippen LogP contribution in [0.4, 0.5) is 0 Å². The molecule has 0 radical (unpaired) electrons. The van der Waals surface area contributed by atoms with Crippen LogP contribution in [0, 0.1) is 12.8 Å². The lowest BCUT2D eigenvalue weighted by Crippen LogP contribution is -2.32. The molecule has 176 valence electrons. The van der Waals surface area contributed by atoms with E-state index in [1.165, 1.54) is 71.8 Å². The summed E-state index contributed by atoms with van der Waals surface area (Å²) in [6.45, 7) is 13.1. The fourth-order valence-corrected chi connectivity index (χ4v) is 8.20. The molecule has 2 aromatic rings. The van der Waals surface area contributed by atoms with E-state index in [4.69, 9.17) is 0 Å². The van der Waals surface area contributed by atoms with Gasteiger partial charge in [-0.05, 0) is 79.3 Å². The third kappa shape index (κ3) is 4.29. The number of aryl methyl sites for hydroxylation is 2. The van der Waals surface area contributed by atoms with Crippen molar-refractivity contribution in [2.75, 3.05) is 0 Å². The molecule has 0 amide bonds. The zero-order chi connectivity index (χ0) is 23.2. The van der Waals surface area contributed by atoms with Crippen molar-refractivity contribution in [2.45, 2.75) is 97.4 Å². The number of rotatable bonds is 5. The first-order valence-corrected chi connectivity index (χ1v) is 16.9. The summed E-state index contributed by atoms with van der Waals surface area (Å²) in [7, 11) is -1.40. The Bertz CT molecular complexity index is 1130. The molecule has 1 N–H and O–H groups in total. The number of allylic oxidation sites excluding steroid dienone is 3. The highest BCUT2D eigenvalue weighted by Gasteiger charge is 2.29. The molecule has 33 heavy (non-hydrogen) atoms. The van der Waals surface area contributed by atoms with Gasteiger partial charge in [-0.1, -0.05) is 70.0 Å². The molecule has 2 aliphatic carbocycles. The Morgan fingerprint density at radius 2 is 1.88 bits per heavy atom. The number of nitrogens with zero attached hydrogens (tertiary/aromatic N) is 1. The highest BCUT2D eigenvalue weighted by atomic mass is 28.3. The van der Waals surface area contributed by atoms with Gasteiger partial charge in [0.25, 0.3) is 0 Å². The molecule has 1 aromatic heterocycles. The van der Waals surface area contributed by atoms with Crippen molar-refractivity contribution in [3.8, 4) is 0 Å². The normalized spacial score (nSPS) is 21.5. The summed E-state index contributed by atoms with van der Waals surface area (Å²) in [5, 5.41) is 6.91. The highest BCUT2D eigenvalue weighted by Crippen LogP contribution is 2.39. The Morgan fingerprint density at radius 1 is 1.09 bits per heavy atom. The number of dihydropyridines is 1. The summed E-state index contributed by atoms with van der Waals surface area (Å²) < 4.78 is 2.55. The van der Waals surface area contributed by atoms with Crippen LogP contribution in [0.15, 0.2) is 41.3 Å². The Balaban J connectivity index is 1.55. The van der Waals surface area contributed by atoms with Gasteiger partial charge < -0.3 is 9.88 Å². The van der Waals surface area contributed by atoms with E-state index in [1.807, 2.05) is 0 Å². The second-order valence-electron chi connectivity index (χ2n) is 11.6. The van der Waals surface area contributed by atoms with E-state index >= 15 is 0 Å².